The number of rotatable bonds is 2. The van der Waals surface area contributed by atoms with Crippen LogP contribution in [-0.2, 0) is 7.05 Å². The van der Waals surface area contributed by atoms with Gasteiger partial charge in [0, 0.05) is 7.05 Å². The third kappa shape index (κ3) is 1.49. The van der Waals surface area contributed by atoms with E-state index in [4.69, 9.17) is 10.2 Å². The molecule has 2 aromatic rings. The fourth-order valence-corrected chi connectivity index (χ4v) is 1.78. The van der Waals surface area contributed by atoms with Crippen LogP contribution in [0, 0.1) is 0 Å². The number of hydrogen-bond donors (Lipinski definition) is 1. The van der Waals surface area contributed by atoms with Crippen LogP contribution in [0.25, 0.3) is 0 Å². The molecule has 0 aromatic carbocycles. The van der Waals surface area contributed by atoms with Gasteiger partial charge in [0.15, 0.2) is 0 Å². The van der Waals surface area contributed by atoms with Crippen molar-refractivity contribution in [3.63, 3.8) is 0 Å². The molecule has 14 heavy (non-hydrogen) atoms. The second-order valence-corrected chi connectivity index (χ2v) is 3.89. The van der Waals surface area contributed by atoms with Gasteiger partial charge in [0.2, 0.25) is 0 Å². The van der Waals surface area contributed by atoms with E-state index in [1.165, 1.54) is 0 Å². The summed E-state index contributed by atoms with van der Waals surface area (Å²) in [4.78, 5) is 4.01. The summed E-state index contributed by atoms with van der Waals surface area (Å²) >= 11 is 3.37. The summed E-state index contributed by atoms with van der Waals surface area (Å²) in [7, 11) is 1.90. The molecular formula is C9H10BrN3O. The Bertz CT molecular complexity index is 394. The van der Waals surface area contributed by atoms with E-state index < -0.39 is 0 Å². The third-order valence-electron chi connectivity index (χ3n) is 2.10. The summed E-state index contributed by atoms with van der Waals surface area (Å²) < 4.78 is 8.05. The quantitative estimate of drug-likeness (QED) is 0.891. The zero-order valence-electron chi connectivity index (χ0n) is 7.64. The molecule has 0 spiro atoms. The third-order valence-corrected chi connectivity index (χ3v) is 2.75. The maximum atomic E-state index is 6.02. The van der Waals surface area contributed by atoms with Crippen LogP contribution < -0.4 is 5.73 Å². The van der Waals surface area contributed by atoms with Crippen molar-refractivity contribution in [2.24, 2.45) is 12.8 Å². The minimum Gasteiger partial charge on any atom is -0.466 e. The highest BCUT2D eigenvalue weighted by Gasteiger charge is 2.17. The lowest BCUT2D eigenvalue weighted by Crippen LogP contribution is -2.14. The SMILES string of the molecule is Cn1cncc1C(N)c1occc1Br. The summed E-state index contributed by atoms with van der Waals surface area (Å²) in [5.41, 5.74) is 6.94. The van der Waals surface area contributed by atoms with Crippen LogP contribution in [0.4, 0.5) is 0 Å². The average molecular weight is 256 g/mol. The Hall–Kier alpha value is -1.07. The van der Waals surface area contributed by atoms with Gasteiger partial charge < -0.3 is 14.7 Å². The first-order valence-corrected chi connectivity index (χ1v) is 4.94. The lowest BCUT2D eigenvalue weighted by molar-refractivity contribution is 0.480. The molecule has 74 valence electrons. The van der Waals surface area contributed by atoms with Gasteiger partial charge in [-0.3, -0.25) is 0 Å². The van der Waals surface area contributed by atoms with Gasteiger partial charge in [-0.15, -0.1) is 0 Å². The molecule has 2 aromatic heterocycles. The zero-order chi connectivity index (χ0) is 10.1. The Kier molecular flexibility index (Phi) is 2.43. The van der Waals surface area contributed by atoms with Crippen LogP contribution in [0.2, 0.25) is 0 Å². The molecule has 0 radical (unpaired) electrons. The van der Waals surface area contributed by atoms with E-state index in [0.29, 0.717) is 5.76 Å². The van der Waals surface area contributed by atoms with Crippen LogP contribution >= 0.6 is 15.9 Å². The van der Waals surface area contributed by atoms with Crippen molar-refractivity contribution < 1.29 is 4.42 Å². The molecule has 0 amide bonds. The van der Waals surface area contributed by atoms with Crippen molar-refractivity contribution in [2.75, 3.05) is 0 Å². The van der Waals surface area contributed by atoms with Gasteiger partial charge in [-0.2, -0.15) is 0 Å². The van der Waals surface area contributed by atoms with Crippen molar-refractivity contribution in [2.45, 2.75) is 6.04 Å². The summed E-state index contributed by atoms with van der Waals surface area (Å²) in [6, 6.07) is 1.54. The molecule has 0 aliphatic rings. The second-order valence-electron chi connectivity index (χ2n) is 3.04. The molecule has 0 aliphatic carbocycles. The number of aryl methyl sites for hydroxylation is 1. The lowest BCUT2D eigenvalue weighted by Gasteiger charge is -2.09. The molecule has 0 saturated heterocycles. The first-order chi connectivity index (χ1) is 6.70. The molecule has 0 saturated carbocycles. The smallest absolute Gasteiger partial charge is 0.140 e. The molecule has 1 atom stereocenters. The van der Waals surface area contributed by atoms with Crippen molar-refractivity contribution in [3.8, 4) is 0 Å². The van der Waals surface area contributed by atoms with E-state index in [9.17, 15) is 0 Å². The largest absolute Gasteiger partial charge is 0.466 e. The maximum Gasteiger partial charge on any atom is 0.140 e. The van der Waals surface area contributed by atoms with Crippen LogP contribution in [0.1, 0.15) is 17.5 Å². The fourth-order valence-electron chi connectivity index (χ4n) is 1.33. The van der Waals surface area contributed by atoms with Gasteiger partial charge in [-0.05, 0) is 22.0 Å². The van der Waals surface area contributed by atoms with Gasteiger partial charge in [0.05, 0.1) is 29.0 Å². The Labute approximate surface area is 89.9 Å². The Morgan fingerprint density at radius 3 is 2.93 bits per heavy atom. The number of furan rings is 1. The first kappa shape index (κ1) is 9.48. The topological polar surface area (TPSA) is 57.0 Å². The van der Waals surface area contributed by atoms with Crippen molar-refractivity contribution in [1.82, 2.24) is 9.55 Å². The molecule has 5 heteroatoms. The molecular weight excluding hydrogens is 246 g/mol. The maximum absolute atomic E-state index is 6.02. The molecule has 0 aliphatic heterocycles. The van der Waals surface area contributed by atoms with Crippen molar-refractivity contribution in [3.05, 3.63) is 40.8 Å². The number of halogens is 1. The number of nitrogens with two attached hydrogens (primary N) is 1. The summed E-state index contributed by atoms with van der Waals surface area (Å²) in [6.07, 6.45) is 5.06. The Morgan fingerprint density at radius 2 is 2.43 bits per heavy atom. The molecule has 4 nitrogen and oxygen atoms in total. The van der Waals surface area contributed by atoms with E-state index in [1.807, 2.05) is 17.7 Å². The van der Waals surface area contributed by atoms with Gasteiger partial charge in [0.25, 0.3) is 0 Å². The minimum absolute atomic E-state index is 0.285. The minimum atomic E-state index is -0.285. The summed E-state index contributed by atoms with van der Waals surface area (Å²) in [6.45, 7) is 0. The number of hydrogen-bond acceptors (Lipinski definition) is 3. The van der Waals surface area contributed by atoms with Crippen molar-refractivity contribution in [1.29, 1.82) is 0 Å². The molecule has 2 rings (SSSR count). The van der Waals surface area contributed by atoms with E-state index in [0.717, 1.165) is 10.2 Å². The molecule has 1 unspecified atom stereocenters. The first-order valence-electron chi connectivity index (χ1n) is 4.15. The standard InChI is InChI=1S/C9H10BrN3O/c1-13-5-12-4-7(13)8(11)9-6(10)2-3-14-9/h2-5,8H,11H2,1H3. The number of imidazole rings is 1. The highest BCUT2D eigenvalue weighted by molar-refractivity contribution is 9.10. The summed E-state index contributed by atoms with van der Waals surface area (Å²) in [5.74, 6) is 0.716. The van der Waals surface area contributed by atoms with E-state index in [2.05, 4.69) is 20.9 Å². The van der Waals surface area contributed by atoms with Gasteiger partial charge in [0.1, 0.15) is 11.8 Å². The van der Waals surface area contributed by atoms with Gasteiger partial charge in [-0.1, -0.05) is 0 Å². The number of nitrogens with zero attached hydrogens (tertiary/aromatic N) is 2. The number of aromatic nitrogens is 2. The molecule has 2 N–H and O–H groups in total. The Balaban J connectivity index is 2.38. The van der Waals surface area contributed by atoms with Gasteiger partial charge in [-0.25, -0.2) is 4.98 Å². The molecule has 2 heterocycles. The summed E-state index contributed by atoms with van der Waals surface area (Å²) in [5, 5.41) is 0. The van der Waals surface area contributed by atoms with Gasteiger partial charge >= 0.3 is 0 Å². The predicted octanol–water partition coefficient (Wildman–Crippen LogP) is 1.82. The van der Waals surface area contributed by atoms with Crippen LogP contribution in [0.15, 0.2) is 33.7 Å². The van der Waals surface area contributed by atoms with Crippen LogP contribution in [0.5, 0.6) is 0 Å². The van der Waals surface area contributed by atoms with E-state index in [1.54, 1.807) is 18.8 Å². The normalized spacial score (nSPS) is 13.1. The van der Waals surface area contributed by atoms with Crippen molar-refractivity contribution >= 4 is 15.9 Å². The predicted molar refractivity (Wildman–Crippen MR) is 55.6 cm³/mol. The highest BCUT2D eigenvalue weighted by Crippen LogP contribution is 2.27. The molecule has 0 fully saturated rings. The highest BCUT2D eigenvalue weighted by atomic mass is 79.9. The Morgan fingerprint density at radius 1 is 1.64 bits per heavy atom. The lowest BCUT2D eigenvalue weighted by atomic mass is 10.2. The second kappa shape index (κ2) is 3.59. The average Bonchev–Trinajstić information content (AvgIpc) is 2.73. The van der Waals surface area contributed by atoms with E-state index in [-0.39, 0.29) is 6.04 Å². The van der Waals surface area contributed by atoms with E-state index >= 15 is 0 Å². The molecule has 0 bridgehead atoms. The van der Waals surface area contributed by atoms with Crippen LogP contribution in [0.3, 0.4) is 0 Å². The monoisotopic (exact) mass is 255 g/mol. The van der Waals surface area contributed by atoms with Crippen LogP contribution in [-0.4, -0.2) is 9.55 Å². The zero-order valence-corrected chi connectivity index (χ0v) is 9.23. The fraction of sp³-hybridized carbons (Fsp3) is 0.222.